The number of rotatable bonds is 6. The molecule has 0 saturated heterocycles. The molecule has 2 aromatic carbocycles. The predicted molar refractivity (Wildman–Crippen MR) is 91.2 cm³/mol. The lowest BCUT2D eigenvalue weighted by Gasteiger charge is -2.09. The van der Waals surface area contributed by atoms with Crippen LogP contribution in [0, 0.1) is 0 Å². The van der Waals surface area contributed by atoms with Crippen LogP contribution in [0.5, 0.6) is 5.75 Å². The third kappa shape index (κ3) is 4.83. The number of ether oxygens (including phenoxy) is 1. The summed E-state index contributed by atoms with van der Waals surface area (Å²) in [5.74, 6) is 0.618. The topological polar surface area (TPSA) is 50.4 Å². The summed E-state index contributed by atoms with van der Waals surface area (Å²) < 4.78 is 5.11. The first-order valence-electron chi connectivity index (χ1n) is 6.71. The summed E-state index contributed by atoms with van der Waals surface area (Å²) in [4.78, 5) is 11.9. The van der Waals surface area contributed by atoms with Gasteiger partial charge in [0.15, 0.2) is 0 Å². The van der Waals surface area contributed by atoms with E-state index in [-0.39, 0.29) is 5.91 Å². The lowest BCUT2D eigenvalue weighted by Crippen LogP contribution is -2.16. The molecule has 0 aliphatic heterocycles. The zero-order chi connectivity index (χ0) is 15.9. The van der Waals surface area contributed by atoms with Crippen LogP contribution in [-0.2, 0) is 4.79 Å². The number of halogens is 2. The Hall–Kier alpha value is -1.91. The van der Waals surface area contributed by atoms with Crippen LogP contribution >= 0.6 is 23.2 Å². The van der Waals surface area contributed by atoms with Crippen molar-refractivity contribution in [3.8, 4) is 5.75 Å². The Bertz CT molecular complexity index is 662. The fourth-order valence-corrected chi connectivity index (χ4v) is 2.15. The van der Waals surface area contributed by atoms with Crippen molar-refractivity contribution in [3.05, 3.63) is 52.5 Å². The van der Waals surface area contributed by atoms with Gasteiger partial charge in [-0.2, -0.15) is 0 Å². The van der Waals surface area contributed by atoms with Gasteiger partial charge in [0, 0.05) is 30.4 Å². The lowest BCUT2D eigenvalue weighted by molar-refractivity contribution is -0.115. The van der Waals surface area contributed by atoms with Gasteiger partial charge >= 0.3 is 0 Å². The number of amides is 1. The molecule has 0 bridgehead atoms. The van der Waals surface area contributed by atoms with E-state index in [9.17, 15) is 4.79 Å². The van der Waals surface area contributed by atoms with Crippen molar-refractivity contribution in [2.45, 2.75) is 6.42 Å². The molecule has 2 rings (SSSR count). The first kappa shape index (κ1) is 16.5. The van der Waals surface area contributed by atoms with Gasteiger partial charge in [-0.1, -0.05) is 29.3 Å². The zero-order valence-electron chi connectivity index (χ0n) is 12.0. The van der Waals surface area contributed by atoms with E-state index < -0.39 is 0 Å². The molecular weight excluding hydrogens is 323 g/mol. The second-order valence-corrected chi connectivity index (χ2v) is 5.40. The molecule has 0 saturated carbocycles. The summed E-state index contributed by atoms with van der Waals surface area (Å²) in [5.41, 5.74) is 1.53. The third-order valence-corrected chi connectivity index (χ3v) is 3.69. The van der Waals surface area contributed by atoms with E-state index in [1.54, 1.807) is 25.3 Å². The molecular formula is C16H16Cl2N2O2. The van der Waals surface area contributed by atoms with Crippen molar-refractivity contribution in [1.82, 2.24) is 0 Å². The number of methoxy groups -OCH3 is 1. The molecule has 6 heteroatoms. The Morgan fingerprint density at radius 2 is 1.91 bits per heavy atom. The molecule has 2 N–H and O–H groups in total. The molecule has 0 spiro atoms. The highest BCUT2D eigenvalue weighted by Gasteiger charge is 2.04. The van der Waals surface area contributed by atoms with Crippen molar-refractivity contribution in [1.29, 1.82) is 0 Å². The van der Waals surface area contributed by atoms with Gasteiger partial charge in [0.2, 0.25) is 5.91 Å². The van der Waals surface area contributed by atoms with Crippen LogP contribution < -0.4 is 15.4 Å². The molecule has 0 heterocycles. The molecule has 0 atom stereocenters. The summed E-state index contributed by atoms with van der Waals surface area (Å²) in [5, 5.41) is 6.92. The monoisotopic (exact) mass is 338 g/mol. The highest BCUT2D eigenvalue weighted by Crippen LogP contribution is 2.25. The molecule has 0 fully saturated rings. The molecule has 0 aliphatic carbocycles. The Morgan fingerprint density at radius 1 is 1.09 bits per heavy atom. The van der Waals surface area contributed by atoms with E-state index in [1.165, 1.54) is 0 Å². The highest BCUT2D eigenvalue weighted by atomic mass is 35.5. The Morgan fingerprint density at radius 3 is 2.64 bits per heavy atom. The zero-order valence-corrected chi connectivity index (χ0v) is 13.5. The van der Waals surface area contributed by atoms with E-state index in [2.05, 4.69) is 10.6 Å². The maximum Gasteiger partial charge on any atom is 0.226 e. The van der Waals surface area contributed by atoms with Gasteiger partial charge in [-0.3, -0.25) is 4.79 Å². The van der Waals surface area contributed by atoms with Gasteiger partial charge in [-0.25, -0.2) is 0 Å². The normalized spacial score (nSPS) is 10.1. The SMILES string of the molecule is COc1cccc(NC(=O)CCNc2ccc(Cl)c(Cl)c2)c1. The van der Waals surface area contributed by atoms with Crippen molar-refractivity contribution in [3.63, 3.8) is 0 Å². The number of benzene rings is 2. The molecule has 116 valence electrons. The van der Waals surface area contributed by atoms with Crippen LogP contribution in [0.1, 0.15) is 6.42 Å². The maximum atomic E-state index is 11.9. The van der Waals surface area contributed by atoms with E-state index >= 15 is 0 Å². The molecule has 0 unspecified atom stereocenters. The third-order valence-electron chi connectivity index (χ3n) is 2.95. The van der Waals surface area contributed by atoms with E-state index in [1.807, 2.05) is 24.3 Å². The largest absolute Gasteiger partial charge is 0.497 e. The number of anilines is 2. The lowest BCUT2D eigenvalue weighted by atomic mass is 10.2. The van der Waals surface area contributed by atoms with Gasteiger partial charge in [0.05, 0.1) is 17.2 Å². The Balaban J connectivity index is 1.81. The van der Waals surface area contributed by atoms with E-state index in [0.29, 0.717) is 34.4 Å². The quantitative estimate of drug-likeness (QED) is 0.818. The first-order valence-corrected chi connectivity index (χ1v) is 7.47. The van der Waals surface area contributed by atoms with Crippen LogP contribution in [-0.4, -0.2) is 19.6 Å². The van der Waals surface area contributed by atoms with Crippen LogP contribution in [0.2, 0.25) is 10.0 Å². The molecule has 0 radical (unpaired) electrons. The maximum absolute atomic E-state index is 11.9. The summed E-state index contributed by atoms with van der Waals surface area (Å²) in [6.07, 6.45) is 0.331. The fraction of sp³-hybridized carbons (Fsp3) is 0.188. The van der Waals surface area contributed by atoms with Gasteiger partial charge in [0.25, 0.3) is 0 Å². The number of carbonyl (C=O) groups excluding carboxylic acids is 1. The molecule has 1 amide bonds. The van der Waals surface area contributed by atoms with Crippen LogP contribution in [0.3, 0.4) is 0 Å². The standard InChI is InChI=1S/C16H16Cl2N2O2/c1-22-13-4-2-3-12(9-13)20-16(21)7-8-19-11-5-6-14(17)15(18)10-11/h2-6,9-10,19H,7-8H2,1H3,(H,20,21). The van der Waals surface area contributed by atoms with Crippen molar-refractivity contribution in [2.75, 3.05) is 24.3 Å². The number of nitrogens with one attached hydrogen (secondary N) is 2. The van der Waals surface area contributed by atoms with Crippen molar-refractivity contribution in [2.24, 2.45) is 0 Å². The summed E-state index contributed by atoms with van der Waals surface area (Å²) in [6.45, 7) is 0.494. The summed E-state index contributed by atoms with van der Waals surface area (Å²) >= 11 is 11.8. The number of hydrogen-bond donors (Lipinski definition) is 2. The average Bonchev–Trinajstić information content (AvgIpc) is 2.51. The van der Waals surface area contributed by atoms with Gasteiger partial charge < -0.3 is 15.4 Å². The molecule has 22 heavy (non-hydrogen) atoms. The summed E-state index contributed by atoms with van der Waals surface area (Å²) in [7, 11) is 1.59. The van der Waals surface area contributed by atoms with Crippen LogP contribution in [0.15, 0.2) is 42.5 Å². The second-order valence-electron chi connectivity index (χ2n) is 4.59. The van der Waals surface area contributed by atoms with Crippen LogP contribution in [0.4, 0.5) is 11.4 Å². The first-order chi connectivity index (χ1) is 10.6. The molecule has 2 aromatic rings. The molecule has 0 aliphatic rings. The van der Waals surface area contributed by atoms with Crippen LogP contribution in [0.25, 0.3) is 0 Å². The smallest absolute Gasteiger partial charge is 0.226 e. The van der Waals surface area contributed by atoms with E-state index in [0.717, 1.165) is 5.69 Å². The predicted octanol–water partition coefficient (Wildman–Crippen LogP) is 4.44. The minimum absolute atomic E-state index is 0.0826. The molecule has 4 nitrogen and oxygen atoms in total. The van der Waals surface area contributed by atoms with Crippen molar-refractivity contribution >= 4 is 40.5 Å². The minimum atomic E-state index is -0.0826. The molecule has 0 aromatic heterocycles. The van der Waals surface area contributed by atoms with Gasteiger partial charge in [-0.15, -0.1) is 0 Å². The Labute approximate surface area is 139 Å². The number of carbonyl (C=O) groups is 1. The fourth-order valence-electron chi connectivity index (χ4n) is 1.85. The van der Waals surface area contributed by atoms with Crippen molar-refractivity contribution < 1.29 is 9.53 Å². The van der Waals surface area contributed by atoms with Gasteiger partial charge in [-0.05, 0) is 30.3 Å². The van der Waals surface area contributed by atoms with E-state index in [4.69, 9.17) is 27.9 Å². The second kappa shape index (κ2) is 7.92. The summed E-state index contributed by atoms with van der Waals surface area (Å²) in [6, 6.07) is 12.5. The van der Waals surface area contributed by atoms with Gasteiger partial charge in [0.1, 0.15) is 5.75 Å². The minimum Gasteiger partial charge on any atom is -0.497 e. The highest BCUT2D eigenvalue weighted by molar-refractivity contribution is 6.42. The average molecular weight is 339 g/mol. The number of hydrogen-bond acceptors (Lipinski definition) is 3. The Kier molecular flexibility index (Phi) is 5.92.